The van der Waals surface area contributed by atoms with Crippen molar-refractivity contribution in [2.75, 3.05) is 6.54 Å². The third-order valence-corrected chi connectivity index (χ3v) is 4.91. The summed E-state index contributed by atoms with van der Waals surface area (Å²) in [6, 6.07) is 17.8. The lowest BCUT2D eigenvalue weighted by Gasteiger charge is -2.21. The number of benzene rings is 2. The van der Waals surface area contributed by atoms with Crippen molar-refractivity contribution >= 4 is 11.6 Å². The number of aliphatic hydroxyl groups is 1. The highest BCUT2D eigenvalue weighted by atomic mass is 35.5. The smallest absolute Gasteiger partial charge is 0.244 e. The molecule has 0 amide bonds. The Morgan fingerprint density at radius 2 is 1.85 bits per heavy atom. The van der Waals surface area contributed by atoms with Crippen molar-refractivity contribution in [1.82, 2.24) is 15.0 Å². The maximum Gasteiger partial charge on any atom is 0.244 e. The molecule has 1 fully saturated rings. The highest BCUT2D eigenvalue weighted by Gasteiger charge is 2.35. The first-order valence-corrected chi connectivity index (χ1v) is 9.08. The minimum absolute atomic E-state index is 0.0716. The van der Waals surface area contributed by atoms with E-state index in [-0.39, 0.29) is 6.04 Å². The molecule has 0 aliphatic carbocycles. The van der Waals surface area contributed by atoms with Gasteiger partial charge in [0.25, 0.3) is 0 Å². The molecule has 0 spiro atoms. The van der Waals surface area contributed by atoms with Gasteiger partial charge in [-0.1, -0.05) is 59.2 Å². The SMILES string of the molecule is OC1CC(c2nc(Cc3ccccc3)no2)N(Cc2ccc(Cl)cc2)C1. The summed E-state index contributed by atoms with van der Waals surface area (Å²) in [5, 5.41) is 15.0. The molecular weight excluding hydrogens is 350 g/mol. The van der Waals surface area contributed by atoms with Crippen LogP contribution in [0.2, 0.25) is 5.02 Å². The van der Waals surface area contributed by atoms with Crippen molar-refractivity contribution in [3.8, 4) is 0 Å². The summed E-state index contributed by atoms with van der Waals surface area (Å²) in [5.41, 5.74) is 2.28. The fourth-order valence-corrected chi connectivity index (χ4v) is 3.51. The number of likely N-dealkylation sites (tertiary alicyclic amines) is 1. The highest BCUT2D eigenvalue weighted by Crippen LogP contribution is 2.32. The lowest BCUT2D eigenvalue weighted by molar-refractivity contribution is 0.169. The highest BCUT2D eigenvalue weighted by molar-refractivity contribution is 6.30. The van der Waals surface area contributed by atoms with Crippen LogP contribution < -0.4 is 0 Å². The maximum absolute atomic E-state index is 10.1. The average Bonchev–Trinajstić information content (AvgIpc) is 3.24. The number of rotatable bonds is 5. The van der Waals surface area contributed by atoms with E-state index in [2.05, 4.69) is 15.0 Å². The minimum atomic E-state index is -0.392. The lowest BCUT2D eigenvalue weighted by Crippen LogP contribution is -2.24. The Balaban J connectivity index is 1.49. The van der Waals surface area contributed by atoms with E-state index in [1.54, 1.807) is 0 Å². The molecule has 4 rings (SSSR count). The fraction of sp³-hybridized carbons (Fsp3) is 0.300. The molecule has 1 saturated heterocycles. The van der Waals surface area contributed by atoms with E-state index in [0.717, 1.165) is 11.1 Å². The van der Waals surface area contributed by atoms with Crippen LogP contribution in [-0.2, 0) is 13.0 Å². The van der Waals surface area contributed by atoms with E-state index in [0.29, 0.717) is 42.7 Å². The zero-order valence-electron chi connectivity index (χ0n) is 14.3. The Hall–Kier alpha value is -2.21. The Kier molecular flexibility index (Phi) is 5.02. The van der Waals surface area contributed by atoms with Gasteiger partial charge in [0.2, 0.25) is 5.89 Å². The molecular formula is C20H20ClN3O2. The van der Waals surface area contributed by atoms with Crippen molar-refractivity contribution in [3.63, 3.8) is 0 Å². The molecule has 3 aromatic rings. The number of aromatic nitrogens is 2. The second-order valence-electron chi connectivity index (χ2n) is 6.67. The normalized spacial score (nSPS) is 20.5. The molecule has 1 aliphatic heterocycles. The van der Waals surface area contributed by atoms with E-state index in [9.17, 15) is 5.11 Å². The molecule has 2 heterocycles. The van der Waals surface area contributed by atoms with E-state index in [1.165, 1.54) is 0 Å². The van der Waals surface area contributed by atoms with Crippen LogP contribution in [0.15, 0.2) is 59.1 Å². The number of aliphatic hydroxyl groups excluding tert-OH is 1. The lowest BCUT2D eigenvalue weighted by atomic mass is 10.1. The van der Waals surface area contributed by atoms with E-state index in [1.807, 2.05) is 54.6 Å². The van der Waals surface area contributed by atoms with Crippen LogP contribution >= 0.6 is 11.6 Å². The maximum atomic E-state index is 10.1. The van der Waals surface area contributed by atoms with Crippen molar-refractivity contribution in [2.24, 2.45) is 0 Å². The topological polar surface area (TPSA) is 62.4 Å². The molecule has 1 aliphatic rings. The summed E-state index contributed by atoms with van der Waals surface area (Å²) in [5.74, 6) is 1.24. The molecule has 0 saturated carbocycles. The third kappa shape index (κ3) is 3.96. The average molecular weight is 370 g/mol. The number of hydrogen-bond donors (Lipinski definition) is 1. The Morgan fingerprint density at radius 3 is 2.62 bits per heavy atom. The Bertz CT molecular complexity index is 851. The summed E-state index contributed by atoms with van der Waals surface area (Å²) < 4.78 is 5.52. The van der Waals surface area contributed by atoms with Gasteiger partial charge in [-0.25, -0.2) is 0 Å². The van der Waals surface area contributed by atoms with Gasteiger partial charge in [-0.05, 0) is 29.7 Å². The van der Waals surface area contributed by atoms with Crippen LogP contribution in [0.25, 0.3) is 0 Å². The van der Waals surface area contributed by atoms with Gasteiger partial charge >= 0.3 is 0 Å². The standard InChI is InChI=1S/C20H20ClN3O2/c21-16-8-6-15(7-9-16)12-24-13-17(25)11-18(24)20-22-19(23-26-20)10-14-4-2-1-3-5-14/h1-9,17-18,25H,10-13H2. The minimum Gasteiger partial charge on any atom is -0.392 e. The molecule has 2 aromatic carbocycles. The van der Waals surface area contributed by atoms with Crippen molar-refractivity contribution in [1.29, 1.82) is 0 Å². The predicted octanol–water partition coefficient (Wildman–Crippen LogP) is 3.62. The third-order valence-electron chi connectivity index (χ3n) is 4.65. The van der Waals surface area contributed by atoms with Gasteiger partial charge in [-0.15, -0.1) is 0 Å². The molecule has 1 aromatic heterocycles. The van der Waals surface area contributed by atoms with Gasteiger partial charge < -0.3 is 9.63 Å². The molecule has 134 valence electrons. The summed E-state index contributed by atoms with van der Waals surface area (Å²) in [4.78, 5) is 6.75. The van der Waals surface area contributed by atoms with Gasteiger partial charge in [0.1, 0.15) is 0 Å². The number of halogens is 1. The zero-order chi connectivity index (χ0) is 17.9. The van der Waals surface area contributed by atoms with Crippen LogP contribution in [0.1, 0.15) is 35.3 Å². The van der Waals surface area contributed by atoms with Crippen LogP contribution in [-0.4, -0.2) is 32.8 Å². The number of hydrogen-bond acceptors (Lipinski definition) is 5. The number of nitrogens with zero attached hydrogens (tertiary/aromatic N) is 3. The molecule has 2 atom stereocenters. The molecule has 1 N–H and O–H groups in total. The molecule has 6 heteroatoms. The second kappa shape index (κ2) is 7.58. The Labute approximate surface area is 157 Å². The first-order chi connectivity index (χ1) is 12.7. The molecule has 26 heavy (non-hydrogen) atoms. The summed E-state index contributed by atoms with van der Waals surface area (Å²) >= 11 is 5.96. The van der Waals surface area contributed by atoms with Gasteiger partial charge in [0.05, 0.1) is 12.1 Å². The Morgan fingerprint density at radius 1 is 1.08 bits per heavy atom. The zero-order valence-corrected chi connectivity index (χ0v) is 15.0. The quantitative estimate of drug-likeness (QED) is 0.744. The first-order valence-electron chi connectivity index (χ1n) is 8.70. The van der Waals surface area contributed by atoms with Crippen LogP contribution in [0.3, 0.4) is 0 Å². The molecule has 0 bridgehead atoms. The van der Waals surface area contributed by atoms with Crippen molar-refractivity contribution < 1.29 is 9.63 Å². The van der Waals surface area contributed by atoms with E-state index >= 15 is 0 Å². The summed E-state index contributed by atoms with van der Waals surface area (Å²) in [6.45, 7) is 1.29. The largest absolute Gasteiger partial charge is 0.392 e. The van der Waals surface area contributed by atoms with Crippen LogP contribution in [0.5, 0.6) is 0 Å². The van der Waals surface area contributed by atoms with E-state index < -0.39 is 6.10 Å². The monoisotopic (exact) mass is 369 g/mol. The van der Waals surface area contributed by atoms with Gasteiger partial charge in [0, 0.05) is 24.5 Å². The molecule has 2 unspecified atom stereocenters. The van der Waals surface area contributed by atoms with Crippen molar-refractivity contribution in [2.45, 2.75) is 31.5 Å². The number of β-amino-alcohol motifs (C(OH)–C–C–N with tert-alkyl or cyclic N) is 1. The van der Waals surface area contributed by atoms with Crippen molar-refractivity contribution in [3.05, 3.63) is 82.5 Å². The molecule has 5 nitrogen and oxygen atoms in total. The second-order valence-corrected chi connectivity index (χ2v) is 7.11. The van der Waals surface area contributed by atoms with Gasteiger partial charge in [-0.3, -0.25) is 4.90 Å². The summed E-state index contributed by atoms with van der Waals surface area (Å²) in [6.07, 6.45) is 0.842. The van der Waals surface area contributed by atoms with Crippen LogP contribution in [0, 0.1) is 0 Å². The predicted molar refractivity (Wildman–Crippen MR) is 98.8 cm³/mol. The fourth-order valence-electron chi connectivity index (χ4n) is 3.39. The van der Waals surface area contributed by atoms with Gasteiger partial charge in [0.15, 0.2) is 5.82 Å². The van der Waals surface area contributed by atoms with E-state index in [4.69, 9.17) is 16.1 Å². The summed E-state index contributed by atoms with van der Waals surface area (Å²) in [7, 11) is 0. The van der Waals surface area contributed by atoms with Gasteiger partial charge in [-0.2, -0.15) is 4.98 Å². The first kappa shape index (κ1) is 17.2. The van der Waals surface area contributed by atoms with Crippen LogP contribution in [0.4, 0.5) is 0 Å². The molecule has 0 radical (unpaired) electrons.